The van der Waals surface area contributed by atoms with Gasteiger partial charge in [-0.05, 0) is 12.1 Å². The highest BCUT2D eigenvalue weighted by Crippen LogP contribution is 2.03. The fraction of sp³-hybridized carbons (Fsp3) is 0.167. The lowest BCUT2D eigenvalue weighted by atomic mass is 10.4. The van der Waals surface area contributed by atoms with Crippen molar-refractivity contribution in [3.63, 3.8) is 0 Å². The first-order valence-electron chi connectivity index (χ1n) is 4.31. The second kappa shape index (κ2) is 10.0. The fourth-order valence-electron chi connectivity index (χ4n) is 0.649. The number of rotatable bonds is 4. The molecule has 0 unspecified atom stereocenters. The van der Waals surface area contributed by atoms with Crippen molar-refractivity contribution in [2.24, 2.45) is 0 Å². The van der Waals surface area contributed by atoms with Gasteiger partial charge in [-0.1, -0.05) is 42.0 Å². The average Bonchev–Trinajstić information content (AvgIpc) is 2.21. The Morgan fingerprint density at radius 3 is 1.86 bits per heavy atom. The predicted octanol–water partition coefficient (Wildman–Crippen LogP) is 3.72. The molecule has 76 valence electrons. The molecule has 1 nitrogen and oxygen atoms in total. The summed E-state index contributed by atoms with van der Waals surface area (Å²) in [6.07, 6.45) is 3.42. The van der Waals surface area contributed by atoms with Gasteiger partial charge in [-0.3, -0.25) is 0 Å². The summed E-state index contributed by atoms with van der Waals surface area (Å²) in [5.74, 6) is 0. The molecule has 1 aromatic rings. The van der Waals surface area contributed by atoms with Gasteiger partial charge in [0, 0.05) is 5.02 Å². The summed E-state index contributed by atoms with van der Waals surface area (Å²) < 4.78 is 4.90. The van der Waals surface area contributed by atoms with Crippen LogP contribution in [0.4, 0.5) is 0 Å². The molecule has 0 aliphatic heterocycles. The van der Waals surface area contributed by atoms with Crippen molar-refractivity contribution in [3.8, 4) is 0 Å². The van der Waals surface area contributed by atoms with E-state index in [1.807, 2.05) is 30.3 Å². The molecule has 0 bridgehead atoms. The molecule has 0 saturated carbocycles. The van der Waals surface area contributed by atoms with Crippen LogP contribution in [0, 0.1) is 0 Å². The topological polar surface area (TPSA) is 9.23 Å². The van der Waals surface area contributed by atoms with Gasteiger partial charge in [-0.15, -0.1) is 13.2 Å². The second-order valence-electron chi connectivity index (χ2n) is 2.41. The molecule has 0 amide bonds. The van der Waals surface area contributed by atoms with Crippen molar-refractivity contribution in [1.82, 2.24) is 0 Å². The van der Waals surface area contributed by atoms with Crippen LogP contribution in [-0.4, -0.2) is 13.2 Å². The van der Waals surface area contributed by atoms with Crippen LogP contribution in [0.5, 0.6) is 0 Å². The van der Waals surface area contributed by atoms with Gasteiger partial charge in [0.05, 0.1) is 13.2 Å². The zero-order valence-electron chi connectivity index (χ0n) is 8.16. The van der Waals surface area contributed by atoms with Gasteiger partial charge >= 0.3 is 0 Å². The summed E-state index contributed by atoms with van der Waals surface area (Å²) in [5.41, 5.74) is 0. The van der Waals surface area contributed by atoms with Crippen LogP contribution in [-0.2, 0) is 4.74 Å². The Kier molecular flexibility index (Phi) is 9.28. The third-order valence-electron chi connectivity index (χ3n) is 1.20. The Morgan fingerprint density at radius 1 is 1.07 bits per heavy atom. The lowest BCUT2D eigenvalue weighted by Crippen LogP contribution is -1.87. The highest BCUT2D eigenvalue weighted by molar-refractivity contribution is 6.30. The van der Waals surface area contributed by atoms with Crippen LogP contribution in [0.15, 0.2) is 55.6 Å². The largest absolute Gasteiger partial charge is 0.373 e. The molecular weight excluding hydrogens is 196 g/mol. The van der Waals surface area contributed by atoms with E-state index in [9.17, 15) is 0 Å². The fourth-order valence-corrected chi connectivity index (χ4v) is 0.795. The smallest absolute Gasteiger partial charge is 0.0649 e. The minimum atomic E-state index is 0.617. The van der Waals surface area contributed by atoms with Crippen LogP contribution >= 0.6 is 11.6 Å². The molecule has 14 heavy (non-hydrogen) atoms. The summed E-state index contributed by atoms with van der Waals surface area (Å²) >= 11 is 5.54. The zero-order valence-corrected chi connectivity index (χ0v) is 8.91. The van der Waals surface area contributed by atoms with E-state index in [1.165, 1.54) is 0 Å². The van der Waals surface area contributed by atoms with E-state index in [-0.39, 0.29) is 0 Å². The van der Waals surface area contributed by atoms with Crippen molar-refractivity contribution < 1.29 is 4.74 Å². The van der Waals surface area contributed by atoms with Gasteiger partial charge in [0.1, 0.15) is 0 Å². The van der Waals surface area contributed by atoms with Crippen molar-refractivity contribution in [2.45, 2.75) is 0 Å². The standard InChI is InChI=1S/C6H5Cl.C6H10O/c7-6-4-2-1-3-5-6;1-3-5-7-6-4-2/h1-5H;3-4H,1-2,5-6H2. The summed E-state index contributed by atoms with van der Waals surface area (Å²) in [6, 6.07) is 9.44. The average molecular weight is 211 g/mol. The maximum absolute atomic E-state index is 5.54. The molecule has 0 heterocycles. The van der Waals surface area contributed by atoms with Crippen LogP contribution in [0.25, 0.3) is 0 Å². The van der Waals surface area contributed by atoms with Gasteiger partial charge in [0.15, 0.2) is 0 Å². The highest BCUT2D eigenvalue weighted by Gasteiger charge is 1.75. The first-order chi connectivity index (χ1) is 6.81. The Labute approximate surface area is 90.7 Å². The van der Waals surface area contributed by atoms with E-state index >= 15 is 0 Å². The van der Waals surface area contributed by atoms with Crippen molar-refractivity contribution in [2.75, 3.05) is 13.2 Å². The molecule has 1 aromatic carbocycles. The number of benzene rings is 1. The summed E-state index contributed by atoms with van der Waals surface area (Å²) in [5, 5.41) is 0.794. The van der Waals surface area contributed by atoms with E-state index in [1.54, 1.807) is 12.2 Å². The summed E-state index contributed by atoms with van der Waals surface area (Å²) in [6.45, 7) is 8.18. The van der Waals surface area contributed by atoms with E-state index in [2.05, 4.69) is 13.2 Å². The molecule has 0 N–H and O–H groups in total. The molecule has 0 aliphatic carbocycles. The van der Waals surface area contributed by atoms with E-state index < -0.39 is 0 Å². The van der Waals surface area contributed by atoms with Gasteiger partial charge in [-0.25, -0.2) is 0 Å². The third-order valence-corrected chi connectivity index (χ3v) is 1.46. The summed E-state index contributed by atoms with van der Waals surface area (Å²) in [7, 11) is 0. The third kappa shape index (κ3) is 9.04. The van der Waals surface area contributed by atoms with Gasteiger partial charge < -0.3 is 4.74 Å². The summed E-state index contributed by atoms with van der Waals surface area (Å²) in [4.78, 5) is 0. The molecule has 0 aromatic heterocycles. The van der Waals surface area contributed by atoms with Gasteiger partial charge in [0.25, 0.3) is 0 Å². The molecule has 0 atom stereocenters. The van der Waals surface area contributed by atoms with E-state index in [0.29, 0.717) is 13.2 Å². The predicted molar refractivity (Wildman–Crippen MR) is 62.7 cm³/mol. The highest BCUT2D eigenvalue weighted by atomic mass is 35.5. The maximum atomic E-state index is 5.54. The Balaban J connectivity index is 0.000000241. The van der Waals surface area contributed by atoms with E-state index in [4.69, 9.17) is 16.3 Å². The minimum absolute atomic E-state index is 0.617. The molecule has 1 rings (SSSR count). The number of halogens is 1. The SMILES string of the molecule is C=CCOCC=C.Clc1ccccc1. The minimum Gasteiger partial charge on any atom is -0.373 e. The molecule has 0 spiro atoms. The quantitative estimate of drug-likeness (QED) is 0.544. The Bertz CT molecular complexity index is 236. The second-order valence-corrected chi connectivity index (χ2v) is 2.85. The monoisotopic (exact) mass is 210 g/mol. The van der Waals surface area contributed by atoms with Crippen LogP contribution in [0.2, 0.25) is 5.02 Å². The van der Waals surface area contributed by atoms with Gasteiger partial charge in [0.2, 0.25) is 0 Å². The lowest BCUT2D eigenvalue weighted by molar-refractivity contribution is 0.194. The van der Waals surface area contributed by atoms with Crippen molar-refractivity contribution in [1.29, 1.82) is 0 Å². The molecule has 0 saturated heterocycles. The van der Waals surface area contributed by atoms with Gasteiger partial charge in [-0.2, -0.15) is 0 Å². The van der Waals surface area contributed by atoms with Crippen LogP contribution < -0.4 is 0 Å². The maximum Gasteiger partial charge on any atom is 0.0649 e. The lowest BCUT2D eigenvalue weighted by Gasteiger charge is -1.89. The molecule has 0 fully saturated rings. The Morgan fingerprint density at radius 2 is 1.57 bits per heavy atom. The van der Waals surface area contributed by atoms with Crippen LogP contribution in [0.1, 0.15) is 0 Å². The zero-order chi connectivity index (χ0) is 10.6. The molecule has 0 radical (unpaired) electrons. The van der Waals surface area contributed by atoms with Crippen LogP contribution in [0.3, 0.4) is 0 Å². The number of hydrogen-bond acceptors (Lipinski definition) is 1. The van der Waals surface area contributed by atoms with E-state index in [0.717, 1.165) is 5.02 Å². The molecular formula is C12H15ClO. The number of hydrogen-bond donors (Lipinski definition) is 0. The molecule has 2 heteroatoms. The normalized spacial score (nSPS) is 8.36. The first-order valence-corrected chi connectivity index (χ1v) is 4.69. The van der Waals surface area contributed by atoms with Crippen molar-refractivity contribution in [3.05, 3.63) is 60.7 Å². The first kappa shape index (κ1) is 12.9. The molecule has 0 aliphatic rings. The Hall–Kier alpha value is -1.05. The number of ether oxygens (including phenoxy) is 1. The van der Waals surface area contributed by atoms with Crippen molar-refractivity contribution >= 4 is 11.6 Å².